The molecule has 1 N–H and O–H groups in total. The van der Waals surface area contributed by atoms with Crippen LogP contribution in [-0.4, -0.2) is 25.0 Å². The van der Waals surface area contributed by atoms with E-state index in [9.17, 15) is 8.42 Å². The monoisotopic (exact) mass is 417 g/mol. The number of aromatic nitrogens is 2. The lowest BCUT2D eigenvalue weighted by atomic mass is 10.1. The van der Waals surface area contributed by atoms with Gasteiger partial charge < -0.3 is 4.74 Å². The number of halogens is 1. The normalized spacial score (nSPS) is 15.0. The van der Waals surface area contributed by atoms with Gasteiger partial charge in [-0.3, -0.25) is 4.72 Å². The highest BCUT2D eigenvalue weighted by atomic mass is 35.5. The summed E-state index contributed by atoms with van der Waals surface area (Å²) in [4.78, 5) is 9.03. The van der Waals surface area contributed by atoms with Crippen molar-refractivity contribution in [3.63, 3.8) is 0 Å². The van der Waals surface area contributed by atoms with Crippen LogP contribution in [0.3, 0.4) is 0 Å². The van der Waals surface area contributed by atoms with Crippen LogP contribution in [0.1, 0.15) is 25.7 Å². The summed E-state index contributed by atoms with van der Waals surface area (Å²) in [6.07, 6.45) is 4.64. The number of fused-ring (bicyclic) bond motifs is 1. The van der Waals surface area contributed by atoms with Gasteiger partial charge in [0.1, 0.15) is 0 Å². The molecule has 146 valence electrons. The van der Waals surface area contributed by atoms with E-state index in [0.717, 1.165) is 12.8 Å². The number of para-hydroxylation sites is 2. The number of hydrogen-bond donors (Lipinski definition) is 1. The third-order valence-corrected chi connectivity index (χ3v) is 6.43. The third-order valence-electron chi connectivity index (χ3n) is 4.82. The Morgan fingerprint density at radius 1 is 1.00 bits per heavy atom. The molecular formula is C20H20ClN3O3S. The van der Waals surface area contributed by atoms with Gasteiger partial charge in [0.05, 0.1) is 22.5 Å². The summed E-state index contributed by atoms with van der Waals surface area (Å²) in [7, 11) is -3.85. The van der Waals surface area contributed by atoms with E-state index in [2.05, 4.69) is 14.7 Å². The van der Waals surface area contributed by atoms with Crippen molar-refractivity contribution in [2.24, 2.45) is 5.92 Å². The van der Waals surface area contributed by atoms with Gasteiger partial charge in [0.15, 0.2) is 0 Å². The number of ether oxygens (including phenoxy) is 1. The van der Waals surface area contributed by atoms with Crippen LogP contribution < -0.4 is 9.46 Å². The smallest absolute Gasteiger partial charge is 0.263 e. The quantitative estimate of drug-likeness (QED) is 0.631. The molecule has 3 aromatic rings. The Bertz CT molecular complexity index is 1080. The maximum Gasteiger partial charge on any atom is 0.263 e. The first-order chi connectivity index (χ1) is 13.5. The van der Waals surface area contributed by atoms with E-state index in [4.69, 9.17) is 16.3 Å². The molecule has 6 nitrogen and oxygen atoms in total. The lowest BCUT2D eigenvalue weighted by Gasteiger charge is -2.15. The summed E-state index contributed by atoms with van der Waals surface area (Å²) in [5.74, 6) is 0.753. The molecule has 0 bridgehead atoms. The molecule has 0 spiro atoms. The van der Waals surface area contributed by atoms with Crippen LogP contribution >= 0.6 is 11.6 Å². The van der Waals surface area contributed by atoms with Gasteiger partial charge in [0.25, 0.3) is 15.9 Å². The van der Waals surface area contributed by atoms with E-state index in [1.807, 2.05) is 18.2 Å². The van der Waals surface area contributed by atoms with Gasteiger partial charge in [-0.05, 0) is 55.2 Å². The highest BCUT2D eigenvalue weighted by Crippen LogP contribution is 2.29. The first-order valence-corrected chi connectivity index (χ1v) is 11.1. The second-order valence-electron chi connectivity index (χ2n) is 6.89. The number of nitrogens with one attached hydrogen (secondary N) is 1. The number of benzene rings is 2. The lowest BCUT2D eigenvalue weighted by Crippen LogP contribution is -2.17. The van der Waals surface area contributed by atoms with E-state index in [-0.39, 0.29) is 16.6 Å². The zero-order valence-electron chi connectivity index (χ0n) is 15.1. The highest BCUT2D eigenvalue weighted by Gasteiger charge is 2.21. The van der Waals surface area contributed by atoms with E-state index >= 15 is 0 Å². The molecule has 2 aromatic carbocycles. The van der Waals surface area contributed by atoms with Crippen molar-refractivity contribution in [1.82, 2.24) is 9.97 Å². The molecule has 0 atom stereocenters. The van der Waals surface area contributed by atoms with Gasteiger partial charge in [-0.15, -0.1) is 0 Å². The van der Waals surface area contributed by atoms with Gasteiger partial charge in [-0.25, -0.2) is 18.4 Å². The van der Waals surface area contributed by atoms with Crippen LogP contribution in [0.2, 0.25) is 5.02 Å². The maximum atomic E-state index is 12.8. The fourth-order valence-corrected chi connectivity index (χ4v) is 4.45. The molecule has 1 heterocycles. The minimum atomic E-state index is -3.85. The number of nitrogens with zero attached hydrogens (tertiary/aromatic N) is 2. The van der Waals surface area contributed by atoms with Crippen molar-refractivity contribution < 1.29 is 13.2 Å². The Morgan fingerprint density at radius 2 is 1.64 bits per heavy atom. The van der Waals surface area contributed by atoms with Crippen LogP contribution in [0, 0.1) is 5.92 Å². The van der Waals surface area contributed by atoms with Gasteiger partial charge in [-0.1, -0.05) is 36.6 Å². The molecule has 0 saturated heterocycles. The number of sulfonamides is 1. The van der Waals surface area contributed by atoms with Crippen molar-refractivity contribution in [1.29, 1.82) is 0 Å². The Labute approximate surface area is 169 Å². The van der Waals surface area contributed by atoms with E-state index in [1.165, 1.54) is 37.1 Å². The van der Waals surface area contributed by atoms with Crippen LogP contribution in [0.15, 0.2) is 53.4 Å². The molecule has 4 rings (SSSR count). The van der Waals surface area contributed by atoms with Crippen LogP contribution in [-0.2, 0) is 10.0 Å². The van der Waals surface area contributed by atoms with Crippen molar-refractivity contribution >= 4 is 38.5 Å². The Morgan fingerprint density at radius 3 is 2.32 bits per heavy atom. The van der Waals surface area contributed by atoms with Crippen molar-refractivity contribution in [2.75, 3.05) is 11.3 Å². The second kappa shape index (κ2) is 7.93. The summed E-state index contributed by atoms with van der Waals surface area (Å²) < 4.78 is 34.0. The zero-order chi connectivity index (χ0) is 19.6. The molecule has 0 radical (unpaired) electrons. The van der Waals surface area contributed by atoms with Crippen molar-refractivity contribution in [3.05, 3.63) is 53.6 Å². The predicted octanol–water partition coefficient (Wildman–Crippen LogP) is 4.65. The van der Waals surface area contributed by atoms with Crippen LogP contribution in [0.4, 0.5) is 5.82 Å². The molecule has 0 unspecified atom stereocenters. The number of anilines is 1. The first-order valence-electron chi connectivity index (χ1n) is 9.19. The SMILES string of the molecule is O=S(=O)(Nc1nc2ccccc2nc1OCC1CCCC1)c1ccc(Cl)cc1. The highest BCUT2D eigenvalue weighted by molar-refractivity contribution is 7.92. The summed E-state index contributed by atoms with van der Waals surface area (Å²) >= 11 is 5.86. The Balaban J connectivity index is 1.67. The van der Waals surface area contributed by atoms with Crippen LogP contribution in [0.25, 0.3) is 11.0 Å². The number of rotatable bonds is 6. The molecule has 1 aliphatic carbocycles. The van der Waals surface area contributed by atoms with E-state index in [1.54, 1.807) is 6.07 Å². The van der Waals surface area contributed by atoms with Gasteiger partial charge in [0.2, 0.25) is 5.82 Å². The standard InChI is InChI=1S/C20H20ClN3O3S/c21-15-9-11-16(12-10-15)28(25,26)24-19-20(27-13-14-5-1-2-6-14)23-18-8-4-3-7-17(18)22-19/h3-4,7-12,14H,1-2,5-6,13H2,(H,22,24). The fraction of sp³-hybridized carbons (Fsp3) is 0.300. The molecule has 1 saturated carbocycles. The Kier molecular flexibility index (Phi) is 5.37. The predicted molar refractivity (Wildman–Crippen MR) is 109 cm³/mol. The average molecular weight is 418 g/mol. The summed E-state index contributed by atoms with van der Waals surface area (Å²) in [6, 6.07) is 13.2. The number of hydrogen-bond acceptors (Lipinski definition) is 5. The lowest BCUT2D eigenvalue weighted by molar-refractivity contribution is 0.245. The summed E-state index contributed by atoms with van der Waals surface area (Å²) in [5, 5.41) is 0.463. The molecule has 1 aromatic heterocycles. The molecule has 0 aliphatic heterocycles. The maximum absolute atomic E-state index is 12.8. The third kappa shape index (κ3) is 4.20. The minimum absolute atomic E-state index is 0.0895. The molecule has 28 heavy (non-hydrogen) atoms. The molecule has 8 heteroatoms. The fourth-order valence-electron chi connectivity index (χ4n) is 3.32. The average Bonchev–Trinajstić information content (AvgIpc) is 3.20. The molecular weight excluding hydrogens is 398 g/mol. The minimum Gasteiger partial charge on any atom is -0.475 e. The van der Waals surface area contributed by atoms with Crippen molar-refractivity contribution in [3.8, 4) is 5.88 Å². The summed E-state index contributed by atoms with van der Waals surface area (Å²) in [5.41, 5.74) is 1.24. The summed E-state index contributed by atoms with van der Waals surface area (Å²) in [6.45, 7) is 0.503. The second-order valence-corrected chi connectivity index (χ2v) is 9.01. The van der Waals surface area contributed by atoms with Crippen molar-refractivity contribution in [2.45, 2.75) is 30.6 Å². The topological polar surface area (TPSA) is 81.2 Å². The largest absolute Gasteiger partial charge is 0.475 e. The molecule has 1 aliphatic rings. The molecule has 0 amide bonds. The Hall–Kier alpha value is -2.38. The van der Waals surface area contributed by atoms with E-state index in [0.29, 0.717) is 28.6 Å². The van der Waals surface area contributed by atoms with Gasteiger partial charge in [0, 0.05) is 5.02 Å². The molecule has 1 fully saturated rings. The van der Waals surface area contributed by atoms with Crippen LogP contribution in [0.5, 0.6) is 5.88 Å². The van der Waals surface area contributed by atoms with Gasteiger partial charge >= 0.3 is 0 Å². The van der Waals surface area contributed by atoms with E-state index < -0.39 is 10.0 Å². The first kappa shape index (κ1) is 19.0. The zero-order valence-corrected chi connectivity index (χ0v) is 16.7. The van der Waals surface area contributed by atoms with Gasteiger partial charge in [-0.2, -0.15) is 0 Å².